The zero-order chi connectivity index (χ0) is 42.7. The molecule has 4 heterocycles. The van der Waals surface area contributed by atoms with Gasteiger partial charge in [-0.15, -0.1) is 0 Å². The number of nitrogens with two attached hydrogens (primary N) is 1. The third-order valence-electron chi connectivity index (χ3n) is 11.4. The number of nitrogens with zero attached hydrogens (tertiary/aromatic N) is 2. The predicted molar refractivity (Wildman–Crippen MR) is 214 cm³/mol. The number of aromatic nitrogens is 2. The lowest BCUT2D eigenvalue weighted by Crippen LogP contribution is -2.52. The molecular formula is C42H47FN8O9. The molecule has 0 bridgehead atoms. The molecule has 17 nitrogen and oxygen atoms in total. The Bertz CT molecular complexity index is 2440. The second-order valence-corrected chi connectivity index (χ2v) is 15.0. The van der Waals surface area contributed by atoms with E-state index in [0.29, 0.717) is 41.9 Å². The molecule has 0 saturated heterocycles. The molecule has 0 saturated carbocycles. The molecule has 4 amide bonds. The largest absolute Gasteiger partial charge is 0.458 e. The van der Waals surface area contributed by atoms with Crippen molar-refractivity contribution in [3.05, 3.63) is 97.6 Å². The zero-order valence-corrected chi connectivity index (χ0v) is 33.2. The number of benzene rings is 2. The third kappa shape index (κ3) is 8.23. The number of aliphatic hydroxyl groups is 1. The predicted octanol–water partition coefficient (Wildman–Crippen LogP) is 0.113. The van der Waals surface area contributed by atoms with Crippen LogP contribution in [0.2, 0.25) is 0 Å². The maximum absolute atomic E-state index is 15.3. The Morgan fingerprint density at radius 1 is 1.05 bits per heavy atom. The lowest BCUT2D eigenvalue weighted by Gasteiger charge is -2.31. The van der Waals surface area contributed by atoms with Gasteiger partial charge < -0.3 is 51.5 Å². The van der Waals surface area contributed by atoms with Crippen molar-refractivity contribution in [2.75, 3.05) is 39.5 Å². The number of nitrogens with one attached hydrogen (secondary N) is 5. The molecule has 2 aromatic heterocycles. The Hall–Kier alpha value is -6.08. The number of carbonyl (C=O) groups excluding carboxylic acids is 5. The summed E-state index contributed by atoms with van der Waals surface area (Å²) >= 11 is 0. The number of esters is 1. The fourth-order valence-corrected chi connectivity index (χ4v) is 8.18. The molecule has 8 N–H and O–H groups in total. The molecule has 316 valence electrons. The van der Waals surface area contributed by atoms with E-state index < -0.39 is 46.8 Å². The summed E-state index contributed by atoms with van der Waals surface area (Å²) in [5.74, 6) is -3.45. The van der Waals surface area contributed by atoms with Crippen molar-refractivity contribution in [1.82, 2.24) is 36.1 Å². The average Bonchev–Trinajstić information content (AvgIpc) is 3.62. The van der Waals surface area contributed by atoms with E-state index in [9.17, 15) is 33.9 Å². The smallest absolute Gasteiger partial charge is 0.343 e. The van der Waals surface area contributed by atoms with Crippen molar-refractivity contribution >= 4 is 40.5 Å². The number of ether oxygens (including phenoxy) is 2. The highest BCUT2D eigenvalue weighted by Crippen LogP contribution is 2.45. The van der Waals surface area contributed by atoms with Crippen LogP contribution in [0.4, 0.5) is 4.39 Å². The highest BCUT2D eigenvalue weighted by atomic mass is 19.1. The van der Waals surface area contributed by atoms with Crippen LogP contribution in [0.15, 0.2) is 47.3 Å². The summed E-state index contributed by atoms with van der Waals surface area (Å²) in [5, 5.41) is 25.7. The van der Waals surface area contributed by atoms with Crippen LogP contribution in [0.3, 0.4) is 0 Å². The zero-order valence-electron chi connectivity index (χ0n) is 33.2. The van der Waals surface area contributed by atoms with Gasteiger partial charge in [0.15, 0.2) is 5.60 Å². The fourth-order valence-electron chi connectivity index (χ4n) is 8.18. The highest BCUT2D eigenvalue weighted by molar-refractivity contribution is 5.94. The van der Waals surface area contributed by atoms with Crippen LogP contribution in [0.25, 0.3) is 22.3 Å². The van der Waals surface area contributed by atoms with E-state index in [4.69, 9.17) is 20.2 Å². The number of carbonyl (C=O) groups is 5. The van der Waals surface area contributed by atoms with Gasteiger partial charge in [0.2, 0.25) is 23.6 Å². The maximum atomic E-state index is 15.3. The van der Waals surface area contributed by atoms with Gasteiger partial charge in [-0.05, 0) is 54.5 Å². The summed E-state index contributed by atoms with van der Waals surface area (Å²) in [6, 6.07) is 10.8. The molecule has 7 rings (SSSR count). The Morgan fingerprint density at radius 2 is 1.82 bits per heavy atom. The van der Waals surface area contributed by atoms with Crippen LogP contribution >= 0.6 is 0 Å². The first kappa shape index (κ1) is 42.1. The van der Waals surface area contributed by atoms with Crippen molar-refractivity contribution in [2.24, 2.45) is 5.73 Å². The van der Waals surface area contributed by atoms with Crippen molar-refractivity contribution in [3.63, 3.8) is 0 Å². The van der Waals surface area contributed by atoms with E-state index in [-0.39, 0.29) is 82.0 Å². The van der Waals surface area contributed by atoms with E-state index >= 15 is 4.39 Å². The van der Waals surface area contributed by atoms with Gasteiger partial charge in [0.05, 0.1) is 55.3 Å². The van der Waals surface area contributed by atoms with E-state index in [1.807, 2.05) is 6.07 Å². The number of rotatable bonds is 16. The quantitative estimate of drug-likeness (QED) is 0.0399. The Balaban J connectivity index is 0.979. The number of fused-ring (bicyclic) bond motifs is 5. The van der Waals surface area contributed by atoms with Gasteiger partial charge in [-0.1, -0.05) is 37.3 Å². The topological polar surface area (TPSA) is 245 Å². The summed E-state index contributed by atoms with van der Waals surface area (Å²) < 4.78 is 27.7. The third-order valence-corrected chi connectivity index (χ3v) is 11.4. The van der Waals surface area contributed by atoms with Gasteiger partial charge in [-0.25, -0.2) is 14.2 Å². The van der Waals surface area contributed by atoms with Gasteiger partial charge in [0, 0.05) is 41.6 Å². The van der Waals surface area contributed by atoms with Crippen molar-refractivity contribution in [1.29, 1.82) is 0 Å². The first-order valence-corrected chi connectivity index (χ1v) is 19.8. The molecule has 3 atom stereocenters. The molecule has 18 heteroatoms. The van der Waals surface area contributed by atoms with Crippen molar-refractivity contribution in [2.45, 2.75) is 70.4 Å². The van der Waals surface area contributed by atoms with Crippen LogP contribution in [-0.4, -0.2) is 89.8 Å². The molecule has 60 heavy (non-hydrogen) atoms. The molecule has 3 aliphatic rings. The first-order valence-electron chi connectivity index (χ1n) is 19.8. The maximum Gasteiger partial charge on any atom is 0.343 e. The Kier molecular flexibility index (Phi) is 12.4. The molecular weight excluding hydrogens is 780 g/mol. The normalized spacial score (nSPS) is 17.8. The molecule has 0 fully saturated rings. The molecule has 2 aromatic carbocycles. The highest BCUT2D eigenvalue weighted by Gasteiger charge is 2.46. The van der Waals surface area contributed by atoms with Gasteiger partial charge in [0.1, 0.15) is 25.2 Å². The Labute approximate surface area is 343 Å². The SMILES string of the molecule is CC[C@@]1(O)C(=O)OCc2c1cc1n(c2=O)Cc2c-1nc1cc(F)c(C)c3c1c2[C@@H](NCCOCNC(=O)CNC(=O)[C@H](Cc1ccccc1)NC(=O)CNC(=O)CN)CC3. The standard InChI is InChI=1S/C42H47FN8O9/c1-3-42(58)27-14-32-38-25(19-51(32)40(56)26(27)20-60-41(42)57)37-29(10-9-24-22(2)28(43)15-30(50-38)36(24)37)45-11-12-59-21-48-34(53)17-47-39(55)31(13-23-7-5-4-6-8-23)49-35(54)18-46-33(52)16-44/h4-8,14-15,29,31,45,58H,3,9-13,16-21,44H2,1-2H3,(H,46,52)(H,47,55)(H,48,53)(H,49,54)/t29-,31-,42-/m0/s1. The molecule has 4 aromatic rings. The number of amides is 4. The van der Waals surface area contributed by atoms with Gasteiger partial charge in [-0.2, -0.15) is 0 Å². The summed E-state index contributed by atoms with van der Waals surface area (Å²) in [6.45, 7) is 2.68. The van der Waals surface area contributed by atoms with Crippen molar-refractivity contribution in [3.8, 4) is 11.4 Å². The van der Waals surface area contributed by atoms with Crippen LogP contribution in [0, 0.1) is 12.7 Å². The number of halogens is 1. The Morgan fingerprint density at radius 3 is 2.57 bits per heavy atom. The van der Waals surface area contributed by atoms with Gasteiger partial charge in [0.25, 0.3) is 5.56 Å². The average molecular weight is 827 g/mol. The monoisotopic (exact) mass is 826 g/mol. The second-order valence-electron chi connectivity index (χ2n) is 15.0. The number of aryl methyl sites for hydroxylation is 1. The van der Waals surface area contributed by atoms with Gasteiger partial charge in [-0.3, -0.25) is 24.0 Å². The number of cyclic esters (lactones) is 1. The number of hydrogen-bond donors (Lipinski definition) is 7. The minimum absolute atomic E-state index is 0.00393. The number of pyridine rings is 2. The van der Waals surface area contributed by atoms with Crippen LogP contribution < -0.4 is 37.9 Å². The van der Waals surface area contributed by atoms with Crippen LogP contribution in [-0.2, 0) is 65.0 Å². The summed E-state index contributed by atoms with van der Waals surface area (Å²) in [7, 11) is 0. The lowest BCUT2D eigenvalue weighted by molar-refractivity contribution is -0.172. The van der Waals surface area contributed by atoms with Crippen LogP contribution in [0.5, 0.6) is 0 Å². The molecule has 0 spiro atoms. The summed E-state index contributed by atoms with van der Waals surface area (Å²) in [6.07, 6.45) is 1.35. The lowest BCUT2D eigenvalue weighted by atomic mass is 9.81. The van der Waals surface area contributed by atoms with E-state index in [1.54, 1.807) is 48.7 Å². The van der Waals surface area contributed by atoms with Crippen molar-refractivity contribution < 1.29 is 42.9 Å². The minimum atomic E-state index is -1.98. The van der Waals surface area contributed by atoms with Gasteiger partial charge >= 0.3 is 5.97 Å². The van der Waals surface area contributed by atoms with E-state index in [2.05, 4.69) is 26.6 Å². The molecule has 0 unspecified atom stereocenters. The molecule has 0 radical (unpaired) electrons. The first-order chi connectivity index (χ1) is 28.8. The minimum Gasteiger partial charge on any atom is -0.458 e. The fraction of sp³-hybridized carbons (Fsp3) is 0.405. The molecule has 1 aliphatic carbocycles. The van der Waals surface area contributed by atoms with E-state index in [1.165, 1.54) is 6.07 Å². The molecule has 2 aliphatic heterocycles. The second kappa shape index (κ2) is 17.6. The van der Waals surface area contributed by atoms with E-state index in [0.717, 1.165) is 27.6 Å². The summed E-state index contributed by atoms with van der Waals surface area (Å²) in [4.78, 5) is 81.1. The summed E-state index contributed by atoms with van der Waals surface area (Å²) in [5.41, 5.74) is 8.49. The van der Waals surface area contributed by atoms with Crippen LogP contribution in [0.1, 0.15) is 64.8 Å². The number of hydrogen-bond acceptors (Lipinski definition) is 12.